The van der Waals surface area contributed by atoms with Crippen molar-refractivity contribution in [3.05, 3.63) is 35.3 Å². The smallest absolute Gasteiger partial charge is 0.0968 e. The summed E-state index contributed by atoms with van der Waals surface area (Å²) < 4.78 is 12.5. The van der Waals surface area contributed by atoms with Gasteiger partial charge < -0.3 is 5.73 Å². The lowest BCUT2D eigenvalue weighted by atomic mass is 9.96. The van der Waals surface area contributed by atoms with Crippen LogP contribution in [0, 0.1) is 5.92 Å². The third-order valence-corrected chi connectivity index (χ3v) is 2.04. The molecule has 0 saturated heterocycles. The molecule has 0 bridgehead atoms. The second kappa shape index (κ2) is 6.41. The average Bonchev–Trinajstić information content (AvgIpc) is 2.10. The molecule has 0 heterocycles. The molecule has 0 aliphatic heterocycles. The van der Waals surface area contributed by atoms with Crippen molar-refractivity contribution in [3.8, 4) is 0 Å². The highest BCUT2D eigenvalue weighted by Crippen LogP contribution is 2.18. The van der Waals surface area contributed by atoms with Crippen LogP contribution in [-0.4, -0.2) is 0 Å². The predicted octanol–water partition coefficient (Wildman–Crippen LogP) is 3.69. The molecule has 0 aromatic heterocycles. The third-order valence-electron chi connectivity index (χ3n) is 2.04. The van der Waals surface area contributed by atoms with Crippen LogP contribution in [0.3, 0.4) is 0 Å². The number of allylic oxidation sites excluding steroid dienone is 5. The van der Waals surface area contributed by atoms with Gasteiger partial charge >= 0.3 is 0 Å². The Balaban J connectivity index is 4.61. The molecule has 14 heavy (non-hydrogen) atoms. The van der Waals surface area contributed by atoms with Gasteiger partial charge in [0.2, 0.25) is 0 Å². The maximum Gasteiger partial charge on any atom is 0.0968 e. The van der Waals surface area contributed by atoms with E-state index in [4.69, 9.17) is 5.73 Å². The molecule has 2 heteroatoms. The molecule has 1 nitrogen and oxygen atoms in total. The lowest BCUT2D eigenvalue weighted by molar-refractivity contribution is 0.639. The van der Waals surface area contributed by atoms with E-state index in [0.717, 1.165) is 12.0 Å². The highest BCUT2D eigenvalue weighted by atomic mass is 19.1. The van der Waals surface area contributed by atoms with Gasteiger partial charge in [-0.2, -0.15) is 0 Å². The molecule has 80 valence electrons. The van der Waals surface area contributed by atoms with E-state index in [0.29, 0.717) is 5.92 Å². The summed E-state index contributed by atoms with van der Waals surface area (Å²) in [7, 11) is 0. The lowest BCUT2D eigenvalue weighted by Gasteiger charge is -2.10. The molecule has 0 spiro atoms. The van der Waals surface area contributed by atoms with Crippen LogP contribution in [-0.2, 0) is 0 Å². The quantitative estimate of drug-likeness (QED) is 0.683. The van der Waals surface area contributed by atoms with E-state index in [1.54, 1.807) is 6.20 Å². The first kappa shape index (κ1) is 12.9. The van der Waals surface area contributed by atoms with Gasteiger partial charge in [-0.25, -0.2) is 4.39 Å². The van der Waals surface area contributed by atoms with Crippen molar-refractivity contribution in [2.75, 3.05) is 0 Å². The Bertz CT molecular complexity index is 255. The SMILES string of the molecule is C/C(=C/N)C/C(=C/C=C(\C)F)C(C)C. The van der Waals surface area contributed by atoms with Gasteiger partial charge in [0.15, 0.2) is 0 Å². The van der Waals surface area contributed by atoms with Gasteiger partial charge in [-0.05, 0) is 38.5 Å². The summed E-state index contributed by atoms with van der Waals surface area (Å²) in [6.07, 6.45) is 5.76. The van der Waals surface area contributed by atoms with E-state index >= 15 is 0 Å². The van der Waals surface area contributed by atoms with Crippen LogP contribution in [0.4, 0.5) is 4.39 Å². The van der Waals surface area contributed by atoms with Crippen molar-refractivity contribution in [3.63, 3.8) is 0 Å². The fourth-order valence-corrected chi connectivity index (χ4v) is 1.06. The summed E-state index contributed by atoms with van der Waals surface area (Å²) in [4.78, 5) is 0. The fraction of sp³-hybridized carbons (Fsp3) is 0.500. The Morgan fingerprint density at radius 3 is 2.21 bits per heavy atom. The largest absolute Gasteiger partial charge is 0.405 e. The Kier molecular flexibility index (Phi) is 5.93. The second-order valence-electron chi connectivity index (χ2n) is 3.84. The molecule has 0 unspecified atom stereocenters. The molecule has 0 aromatic rings. The molecule has 0 amide bonds. The van der Waals surface area contributed by atoms with E-state index in [-0.39, 0.29) is 5.83 Å². The minimum atomic E-state index is -0.169. The summed E-state index contributed by atoms with van der Waals surface area (Å²) in [6.45, 7) is 7.61. The van der Waals surface area contributed by atoms with Gasteiger partial charge in [-0.1, -0.05) is 31.1 Å². The lowest BCUT2D eigenvalue weighted by Crippen LogP contribution is -1.96. The van der Waals surface area contributed by atoms with Crippen molar-refractivity contribution >= 4 is 0 Å². The Morgan fingerprint density at radius 1 is 1.29 bits per heavy atom. The molecule has 0 saturated carbocycles. The van der Waals surface area contributed by atoms with E-state index in [1.807, 2.05) is 13.0 Å². The number of halogens is 1. The van der Waals surface area contributed by atoms with Crippen LogP contribution in [0.15, 0.2) is 35.3 Å². The van der Waals surface area contributed by atoms with E-state index < -0.39 is 0 Å². The number of rotatable bonds is 4. The maximum atomic E-state index is 12.5. The van der Waals surface area contributed by atoms with E-state index in [2.05, 4.69) is 13.8 Å². The Morgan fingerprint density at radius 2 is 1.86 bits per heavy atom. The fourth-order valence-electron chi connectivity index (χ4n) is 1.06. The van der Waals surface area contributed by atoms with Gasteiger partial charge in [-0.15, -0.1) is 0 Å². The highest BCUT2D eigenvalue weighted by Gasteiger charge is 2.02. The molecular formula is C12H20FN. The van der Waals surface area contributed by atoms with Crippen LogP contribution in [0.1, 0.15) is 34.1 Å². The van der Waals surface area contributed by atoms with Crippen LogP contribution < -0.4 is 5.73 Å². The molecule has 0 aromatic carbocycles. The summed E-state index contributed by atoms with van der Waals surface area (Å²) in [5, 5.41) is 0. The number of nitrogens with two attached hydrogens (primary N) is 1. The average molecular weight is 197 g/mol. The first-order valence-electron chi connectivity index (χ1n) is 4.87. The number of hydrogen-bond acceptors (Lipinski definition) is 1. The zero-order valence-corrected chi connectivity index (χ0v) is 9.47. The van der Waals surface area contributed by atoms with Gasteiger partial charge in [0.25, 0.3) is 0 Å². The molecule has 0 aliphatic rings. The van der Waals surface area contributed by atoms with Gasteiger partial charge in [0.05, 0.1) is 5.83 Å². The van der Waals surface area contributed by atoms with Crippen LogP contribution >= 0.6 is 0 Å². The van der Waals surface area contributed by atoms with Crippen molar-refractivity contribution in [2.24, 2.45) is 11.7 Å². The molecule has 0 aliphatic carbocycles. The van der Waals surface area contributed by atoms with Gasteiger partial charge in [0, 0.05) is 0 Å². The van der Waals surface area contributed by atoms with Crippen molar-refractivity contribution in [2.45, 2.75) is 34.1 Å². The summed E-state index contributed by atoms with van der Waals surface area (Å²) in [5.74, 6) is 0.248. The summed E-state index contributed by atoms with van der Waals surface area (Å²) >= 11 is 0. The Hall–Kier alpha value is -1.05. The number of hydrogen-bond donors (Lipinski definition) is 1. The first-order valence-corrected chi connectivity index (χ1v) is 4.87. The van der Waals surface area contributed by atoms with Gasteiger partial charge in [0.1, 0.15) is 0 Å². The van der Waals surface area contributed by atoms with Crippen LogP contribution in [0.25, 0.3) is 0 Å². The molecule has 0 rings (SSSR count). The minimum Gasteiger partial charge on any atom is -0.405 e. The van der Waals surface area contributed by atoms with Crippen LogP contribution in [0.2, 0.25) is 0 Å². The molecule has 2 N–H and O–H groups in total. The maximum absolute atomic E-state index is 12.5. The summed E-state index contributed by atoms with van der Waals surface area (Å²) in [6, 6.07) is 0. The van der Waals surface area contributed by atoms with E-state index in [1.165, 1.54) is 18.6 Å². The van der Waals surface area contributed by atoms with Crippen molar-refractivity contribution in [1.29, 1.82) is 0 Å². The third kappa shape index (κ3) is 5.57. The standard InChI is InChI=1S/C12H20FN/c1-9(2)12(6-5-11(4)13)7-10(3)8-14/h5-6,8-9H,7,14H2,1-4H3/b10-8-,11-5+,12-6-. The molecule has 0 fully saturated rings. The Labute approximate surface area is 86.2 Å². The zero-order valence-electron chi connectivity index (χ0n) is 9.47. The van der Waals surface area contributed by atoms with Crippen LogP contribution in [0.5, 0.6) is 0 Å². The molecule has 0 radical (unpaired) electrons. The highest BCUT2D eigenvalue weighted by molar-refractivity contribution is 5.20. The van der Waals surface area contributed by atoms with Crippen molar-refractivity contribution < 1.29 is 4.39 Å². The van der Waals surface area contributed by atoms with E-state index in [9.17, 15) is 4.39 Å². The first-order chi connectivity index (χ1) is 6.47. The summed E-state index contributed by atoms with van der Waals surface area (Å²) in [5.41, 5.74) is 7.70. The monoisotopic (exact) mass is 197 g/mol. The molecule has 0 atom stereocenters. The molecular weight excluding hydrogens is 177 g/mol. The van der Waals surface area contributed by atoms with Crippen molar-refractivity contribution in [1.82, 2.24) is 0 Å². The normalized spacial score (nSPS) is 15.1. The zero-order chi connectivity index (χ0) is 11.1. The van der Waals surface area contributed by atoms with Gasteiger partial charge in [-0.3, -0.25) is 0 Å². The minimum absolute atomic E-state index is 0.169. The predicted molar refractivity (Wildman–Crippen MR) is 60.3 cm³/mol. The topological polar surface area (TPSA) is 26.0 Å². The second-order valence-corrected chi connectivity index (χ2v) is 3.84.